The molecule has 0 aromatic heterocycles. The minimum atomic E-state index is -2.92. The summed E-state index contributed by atoms with van der Waals surface area (Å²) in [4.78, 5) is 11.2. The molecule has 4 nitrogen and oxygen atoms in total. The molecule has 5 heteroatoms. The summed E-state index contributed by atoms with van der Waals surface area (Å²) in [6.07, 6.45) is 1.93. The Hall–Kier alpha value is -0.420. The van der Waals surface area contributed by atoms with Gasteiger partial charge in [-0.3, -0.25) is 4.79 Å². The van der Waals surface area contributed by atoms with Gasteiger partial charge in [0.15, 0.2) is 0 Å². The van der Waals surface area contributed by atoms with E-state index < -0.39 is 9.84 Å². The number of Topliss-reactive ketones (excluding diaryl/α,β-unsaturated/α-hetero) is 1. The van der Waals surface area contributed by atoms with Crippen molar-refractivity contribution in [1.29, 1.82) is 0 Å². The Balaban J connectivity index is 3.72. The number of sulfone groups is 1. The van der Waals surface area contributed by atoms with Crippen molar-refractivity contribution >= 4 is 15.6 Å². The lowest BCUT2D eigenvalue weighted by Gasteiger charge is -2.07. The zero-order valence-corrected chi connectivity index (χ0v) is 9.15. The maximum Gasteiger partial charge on any atom is 0.149 e. The van der Waals surface area contributed by atoms with E-state index in [0.717, 1.165) is 0 Å². The average Bonchev–Trinajstić information content (AvgIpc) is 2.00. The highest BCUT2D eigenvalue weighted by Crippen LogP contribution is 1.98. The van der Waals surface area contributed by atoms with Crippen LogP contribution >= 0.6 is 0 Å². The number of carbonyl (C=O) groups excluding carboxylic acids is 1. The van der Waals surface area contributed by atoms with Gasteiger partial charge in [-0.2, -0.15) is 0 Å². The fourth-order valence-electron chi connectivity index (χ4n) is 0.886. The third-order valence-corrected chi connectivity index (χ3v) is 2.88. The first-order valence-electron chi connectivity index (χ1n) is 4.24. The van der Waals surface area contributed by atoms with Crippen LogP contribution in [0.3, 0.4) is 0 Å². The summed E-state index contributed by atoms with van der Waals surface area (Å²) >= 11 is 0. The van der Waals surface area contributed by atoms with Crippen molar-refractivity contribution in [3.8, 4) is 0 Å². The summed E-state index contributed by atoms with van der Waals surface area (Å²) in [6.45, 7) is 1.77. The molecule has 0 aliphatic carbocycles. The number of ketones is 1. The number of nitrogens with one attached hydrogen (secondary N) is 1. The third kappa shape index (κ3) is 6.72. The van der Waals surface area contributed by atoms with Crippen molar-refractivity contribution in [2.24, 2.45) is 0 Å². The molecular weight excluding hydrogens is 190 g/mol. The molecule has 0 amide bonds. The molecule has 0 saturated heterocycles. The minimum Gasteiger partial charge on any atom is -0.311 e. The summed E-state index contributed by atoms with van der Waals surface area (Å²) in [5.41, 5.74) is 0. The fourth-order valence-corrected chi connectivity index (χ4v) is 1.55. The molecule has 0 saturated carbocycles. The van der Waals surface area contributed by atoms with E-state index in [2.05, 4.69) is 5.32 Å². The van der Waals surface area contributed by atoms with Crippen LogP contribution in [-0.4, -0.2) is 39.3 Å². The lowest BCUT2D eigenvalue weighted by molar-refractivity contribution is -0.120. The molecule has 0 aliphatic heterocycles. The second kappa shape index (κ2) is 5.34. The first-order valence-corrected chi connectivity index (χ1v) is 6.30. The molecule has 0 spiro atoms. The van der Waals surface area contributed by atoms with Crippen molar-refractivity contribution in [3.05, 3.63) is 0 Å². The molecule has 1 N–H and O–H groups in total. The largest absolute Gasteiger partial charge is 0.311 e. The van der Waals surface area contributed by atoms with E-state index in [1.54, 1.807) is 14.0 Å². The number of hydrogen-bond donors (Lipinski definition) is 1. The van der Waals surface area contributed by atoms with E-state index in [1.807, 2.05) is 0 Å². The number of hydrogen-bond acceptors (Lipinski definition) is 4. The zero-order valence-electron chi connectivity index (χ0n) is 8.33. The quantitative estimate of drug-likeness (QED) is 0.665. The van der Waals surface area contributed by atoms with Crippen LogP contribution in [0.4, 0.5) is 0 Å². The van der Waals surface area contributed by atoms with E-state index in [1.165, 1.54) is 6.26 Å². The first kappa shape index (κ1) is 12.6. The summed E-state index contributed by atoms with van der Waals surface area (Å²) < 4.78 is 21.5. The van der Waals surface area contributed by atoms with E-state index in [-0.39, 0.29) is 17.6 Å². The Morgan fingerprint density at radius 2 is 2.00 bits per heavy atom. The lowest BCUT2D eigenvalue weighted by atomic mass is 10.1. The molecule has 0 aliphatic rings. The molecule has 0 bridgehead atoms. The van der Waals surface area contributed by atoms with Gasteiger partial charge in [-0.15, -0.1) is 0 Å². The van der Waals surface area contributed by atoms with Crippen LogP contribution in [0, 0.1) is 0 Å². The van der Waals surface area contributed by atoms with Crippen LogP contribution in [0.5, 0.6) is 0 Å². The molecular formula is C8H17NO3S. The molecule has 78 valence electrons. The average molecular weight is 207 g/mol. The predicted molar refractivity (Wildman–Crippen MR) is 52.5 cm³/mol. The van der Waals surface area contributed by atoms with Crippen molar-refractivity contribution in [3.63, 3.8) is 0 Å². The second-order valence-electron chi connectivity index (χ2n) is 3.21. The molecule has 0 rings (SSSR count). The molecule has 1 unspecified atom stereocenters. The number of likely N-dealkylation sites (N-methyl/N-ethyl adjacent to an activating group) is 1. The molecule has 0 fully saturated rings. The monoisotopic (exact) mass is 207 g/mol. The summed E-state index contributed by atoms with van der Waals surface area (Å²) in [5, 5.41) is 2.81. The zero-order chi connectivity index (χ0) is 10.5. The van der Waals surface area contributed by atoms with Gasteiger partial charge >= 0.3 is 0 Å². The highest BCUT2D eigenvalue weighted by Gasteiger charge is 2.11. The van der Waals surface area contributed by atoms with Crippen molar-refractivity contribution in [1.82, 2.24) is 5.32 Å². The van der Waals surface area contributed by atoms with E-state index in [4.69, 9.17) is 0 Å². The Bertz CT molecular complexity index is 259. The standard InChI is InChI=1S/C8H17NO3S/c1-7(9-2)8(10)5-4-6-13(3,11)12/h7,9H,4-6H2,1-3H3. The van der Waals surface area contributed by atoms with Gasteiger partial charge in [0.05, 0.1) is 11.8 Å². The Morgan fingerprint density at radius 1 is 1.46 bits per heavy atom. The van der Waals surface area contributed by atoms with Crippen LogP contribution in [-0.2, 0) is 14.6 Å². The molecule has 0 aromatic carbocycles. The van der Waals surface area contributed by atoms with Gasteiger partial charge in [-0.25, -0.2) is 8.42 Å². The number of carbonyl (C=O) groups is 1. The van der Waals surface area contributed by atoms with Crippen LogP contribution in [0.25, 0.3) is 0 Å². The predicted octanol–water partition coefficient (Wildman–Crippen LogP) is -0.0118. The highest BCUT2D eigenvalue weighted by molar-refractivity contribution is 7.90. The van der Waals surface area contributed by atoms with Crippen molar-refractivity contribution < 1.29 is 13.2 Å². The smallest absolute Gasteiger partial charge is 0.149 e. The minimum absolute atomic E-state index is 0.0613. The lowest BCUT2D eigenvalue weighted by Crippen LogP contribution is -2.30. The van der Waals surface area contributed by atoms with Crippen LogP contribution < -0.4 is 5.32 Å². The van der Waals surface area contributed by atoms with E-state index in [9.17, 15) is 13.2 Å². The number of rotatable bonds is 6. The van der Waals surface area contributed by atoms with Gasteiger partial charge in [0.2, 0.25) is 0 Å². The summed E-state index contributed by atoms with van der Waals surface area (Å²) in [7, 11) is -1.22. The summed E-state index contributed by atoms with van der Waals surface area (Å²) in [5.74, 6) is 0.154. The van der Waals surface area contributed by atoms with Gasteiger partial charge in [-0.1, -0.05) is 0 Å². The third-order valence-electron chi connectivity index (χ3n) is 1.85. The Kier molecular flexibility index (Phi) is 5.17. The van der Waals surface area contributed by atoms with Crippen LogP contribution in [0.2, 0.25) is 0 Å². The van der Waals surface area contributed by atoms with E-state index >= 15 is 0 Å². The Labute approximate surface area is 79.6 Å². The normalized spacial score (nSPS) is 14.1. The van der Waals surface area contributed by atoms with Crippen LogP contribution in [0.1, 0.15) is 19.8 Å². The van der Waals surface area contributed by atoms with Gasteiger partial charge < -0.3 is 5.32 Å². The van der Waals surface area contributed by atoms with Gasteiger partial charge in [0, 0.05) is 12.7 Å². The highest BCUT2D eigenvalue weighted by atomic mass is 32.2. The maximum absolute atomic E-state index is 11.2. The van der Waals surface area contributed by atoms with Gasteiger partial charge in [0.1, 0.15) is 15.6 Å². The second-order valence-corrected chi connectivity index (χ2v) is 5.47. The van der Waals surface area contributed by atoms with Crippen LogP contribution in [0.15, 0.2) is 0 Å². The van der Waals surface area contributed by atoms with Crippen molar-refractivity contribution in [2.45, 2.75) is 25.8 Å². The summed E-state index contributed by atoms with van der Waals surface area (Å²) in [6, 6.07) is -0.181. The fraction of sp³-hybridized carbons (Fsp3) is 0.875. The van der Waals surface area contributed by atoms with Crippen molar-refractivity contribution in [2.75, 3.05) is 19.1 Å². The molecule has 13 heavy (non-hydrogen) atoms. The maximum atomic E-state index is 11.2. The Morgan fingerprint density at radius 3 is 2.38 bits per heavy atom. The molecule has 0 radical (unpaired) electrons. The molecule has 0 aromatic rings. The topological polar surface area (TPSA) is 63.2 Å². The first-order chi connectivity index (χ1) is 5.87. The van der Waals surface area contributed by atoms with E-state index in [0.29, 0.717) is 12.8 Å². The van der Waals surface area contributed by atoms with Gasteiger partial charge in [0.25, 0.3) is 0 Å². The molecule has 0 heterocycles. The SMILES string of the molecule is CNC(C)C(=O)CCCS(C)(=O)=O. The van der Waals surface area contributed by atoms with Gasteiger partial charge in [-0.05, 0) is 20.4 Å². The molecule has 1 atom stereocenters.